The van der Waals surface area contributed by atoms with Crippen LogP contribution in [0.2, 0.25) is 10.4 Å². The number of fused-ring (bicyclic) bond motifs is 1. The number of aromatic nitrogens is 4. The fourth-order valence-corrected chi connectivity index (χ4v) is 4.07. The van der Waals surface area contributed by atoms with E-state index in [0.29, 0.717) is 22.1 Å². The Morgan fingerprint density at radius 1 is 0.828 bits per heavy atom. The molecule has 0 saturated heterocycles. The average molecular weight is 441 g/mol. The van der Waals surface area contributed by atoms with Gasteiger partial charge in [-0.2, -0.15) is 4.98 Å². The maximum Gasteiger partial charge on any atom is 0.225 e. The number of carbonyl (C=O) groups is 1. The van der Waals surface area contributed by atoms with Gasteiger partial charge in [-0.3, -0.25) is 0 Å². The summed E-state index contributed by atoms with van der Waals surface area (Å²) in [5.74, 6) is 0.324. The number of imidazole rings is 1. The van der Waals surface area contributed by atoms with Crippen LogP contribution in [0.4, 0.5) is 0 Å². The molecule has 0 bridgehead atoms. The summed E-state index contributed by atoms with van der Waals surface area (Å²) in [7, 11) is 0. The van der Waals surface area contributed by atoms with Crippen molar-refractivity contribution in [2.45, 2.75) is 103 Å². The first-order valence-electron chi connectivity index (χ1n) is 11.1. The molecule has 162 valence electrons. The summed E-state index contributed by atoms with van der Waals surface area (Å²) in [6.07, 6.45) is 19.1. The molecule has 0 aliphatic heterocycles. The number of Topliss-reactive ketones (excluding diaryl/α,β-unsaturated/α-hetero) is 1. The van der Waals surface area contributed by atoms with Crippen molar-refractivity contribution in [3.8, 4) is 0 Å². The highest BCUT2D eigenvalue weighted by molar-refractivity contribution is 6.35. The van der Waals surface area contributed by atoms with Gasteiger partial charge in [-0.05, 0) is 31.4 Å². The smallest absolute Gasteiger partial charge is 0.225 e. The monoisotopic (exact) mass is 440 g/mol. The summed E-state index contributed by atoms with van der Waals surface area (Å²) in [6, 6.07) is 0. The van der Waals surface area contributed by atoms with Gasteiger partial charge >= 0.3 is 0 Å². The number of carbonyl (C=O) groups excluding carboxylic acids is 1. The highest BCUT2D eigenvalue weighted by Crippen LogP contribution is 2.21. The van der Waals surface area contributed by atoms with E-state index in [1.165, 1.54) is 70.6 Å². The molecule has 2 rings (SSSR count). The predicted molar refractivity (Wildman–Crippen MR) is 121 cm³/mol. The van der Waals surface area contributed by atoms with Gasteiger partial charge in [0.2, 0.25) is 5.28 Å². The minimum absolute atomic E-state index is 0.164. The van der Waals surface area contributed by atoms with Gasteiger partial charge in [0.1, 0.15) is 11.3 Å². The quantitative estimate of drug-likeness (QED) is 0.157. The van der Waals surface area contributed by atoms with Crippen LogP contribution in [0.3, 0.4) is 0 Å². The normalized spacial score (nSPS) is 11.4. The second-order valence-corrected chi connectivity index (χ2v) is 8.64. The largest absolute Gasteiger partial charge is 0.315 e. The summed E-state index contributed by atoms with van der Waals surface area (Å²) in [5.41, 5.74) is 1.33. The van der Waals surface area contributed by atoms with E-state index >= 15 is 0 Å². The summed E-state index contributed by atoms with van der Waals surface area (Å²) in [5, 5.41) is 0.476. The SMILES string of the molecule is CC(=O)CCCCCCCCCCCCCCCn1cnc2c(Cl)nc(Cl)nc21. The summed E-state index contributed by atoms with van der Waals surface area (Å²) >= 11 is 12.0. The molecule has 0 fully saturated rings. The van der Waals surface area contributed by atoms with Gasteiger partial charge in [-0.1, -0.05) is 82.2 Å². The zero-order valence-electron chi connectivity index (χ0n) is 17.6. The van der Waals surface area contributed by atoms with Gasteiger partial charge in [-0.15, -0.1) is 0 Å². The first kappa shape index (κ1) is 24.1. The van der Waals surface area contributed by atoms with E-state index in [0.717, 1.165) is 25.8 Å². The lowest BCUT2D eigenvalue weighted by Crippen LogP contribution is -1.98. The fraction of sp³-hybridized carbons (Fsp3) is 0.727. The third kappa shape index (κ3) is 9.43. The molecule has 29 heavy (non-hydrogen) atoms. The van der Waals surface area contributed by atoms with Crippen molar-refractivity contribution in [3.05, 3.63) is 16.8 Å². The average Bonchev–Trinajstić information content (AvgIpc) is 3.07. The van der Waals surface area contributed by atoms with E-state index in [1.807, 2.05) is 4.57 Å². The number of hydrogen-bond acceptors (Lipinski definition) is 4. The van der Waals surface area contributed by atoms with Crippen molar-refractivity contribution < 1.29 is 4.79 Å². The number of unbranched alkanes of at least 4 members (excludes halogenated alkanes) is 12. The van der Waals surface area contributed by atoms with Crippen LogP contribution in [0.25, 0.3) is 11.2 Å². The van der Waals surface area contributed by atoms with Gasteiger partial charge in [0.05, 0.1) is 6.33 Å². The molecule has 7 heteroatoms. The van der Waals surface area contributed by atoms with Crippen LogP contribution in [0.1, 0.15) is 96.8 Å². The van der Waals surface area contributed by atoms with E-state index in [4.69, 9.17) is 23.2 Å². The molecular weight excluding hydrogens is 407 g/mol. The van der Waals surface area contributed by atoms with Crippen LogP contribution in [0.15, 0.2) is 6.33 Å². The summed E-state index contributed by atoms with van der Waals surface area (Å²) < 4.78 is 2.01. The van der Waals surface area contributed by atoms with Crippen LogP contribution in [0, 0.1) is 0 Å². The second-order valence-electron chi connectivity index (χ2n) is 7.94. The van der Waals surface area contributed by atoms with Crippen molar-refractivity contribution in [2.75, 3.05) is 0 Å². The van der Waals surface area contributed by atoms with E-state index in [9.17, 15) is 4.79 Å². The van der Waals surface area contributed by atoms with Gasteiger partial charge < -0.3 is 9.36 Å². The second kappa shape index (κ2) is 13.9. The molecular formula is C22H34Cl2N4O. The first-order valence-corrected chi connectivity index (χ1v) is 11.9. The zero-order valence-corrected chi connectivity index (χ0v) is 19.1. The molecule has 0 N–H and O–H groups in total. The molecule has 5 nitrogen and oxygen atoms in total. The summed E-state index contributed by atoms with van der Waals surface area (Å²) in [6.45, 7) is 2.57. The van der Waals surface area contributed by atoms with Crippen LogP contribution < -0.4 is 0 Å². The molecule has 0 saturated carbocycles. The number of halogens is 2. The maximum atomic E-state index is 10.9. The van der Waals surface area contributed by atoms with E-state index in [1.54, 1.807) is 13.3 Å². The molecule has 0 aromatic carbocycles. The lowest BCUT2D eigenvalue weighted by Gasteiger charge is -2.05. The van der Waals surface area contributed by atoms with Crippen molar-refractivity contribution in [1.29, 1.82) is 0 Å². The number of nitrogens with zero attached hydrogens (tertiary/aromatic N) is 4. The van der Waals surface area contributed by atoms with Crippen molar-refractivity contribution in [2.24, 2.45) is 0 Å². The van der Waals surface area contributed by atoms with E-state index in [-0.39, 0.29) is 5.28 Å². The Hall–Kier alpha value is -1.20. The Kier molecular flexibility index (Phi) is 11.6. The fourth-order valence-electron chi connectivity index (χ4n) is 3.65. The van der Waals surface area contributed by atoms with Crippen LogP contribution in [0.5, 0.6) is 0 Å². The van der Waals surface area contributed by atoms with Crippen molar-refractivity contribution in [1.82, 2.24) is 19.5 Å². The van der Waals surface area contributed by atoms with Crippen LogP contribution >= 0.6 is 23.2 Å². The standard InChI is InChI=1S/C22H34Cl2N4O/c1-18(29)15-13-11-9-7-5-3-2-4-6-8-10-12-14-16-28-17-25-19-20(23)26-22(24)27-21(19)28/h17H,2-16H2,1H3. The van der Waals surface area contributed by atoms with Crippen LogP contribution in [-0.2, 0) is 11.3 Å². The third-order valence-electron chi connectivity index (χ3n) is 5.32. The Balaban J connectivity index is 1.42. The molecule has 0 spiro atoms. The molecule has 0 unspecified atom stereocenters. The molecule has 0 amide bonds. The van der Waals surface area contributed by atoms with Gasteiger partial charge in [0.25, 0.3) is 0 Å². The van der Waals surface area contributed by atoms with Crippen molar-refractivity contribution >= 4 is 40.1 Å². The van der Waals surface area contributed by atoms with Crippen LogP contribution in [-0.4, -0.2) is 25.3 Å². The number of rotatable bonds is 16. The minimum atomic E-state index is 0.164. The Labute approximate surface area is 184 Å². The topological polar surface area (TPSA) is 60.7 Å². The lowest BCUT2D eigenvalue weighted by atomic mass is 10.0. The van der Waals surface area contributed by atoms with Gasteiger partial charge in [0.15, 0.2) is 10.8 Å². The third-order valence-corrected chi connectivity index (χ3v) is 5.75. The molecule has 2 aromatic heterocycles. The molecule has 0 aliphatic carbocycles. The molecule has 0 atom stereocenters. The van der Waals surface area contributed by atoms with Crippen molar-refractivity contribution in [3.63, 3.8) is 0 Å². The zero-order chi connectivity index (χ0) is 20.9. The Morgan fingerprint density at radius 3 is 1.90 bits per heavy atom. The number of ketones is 1. The number of aryl methyl sites for hydroxylation is 1. The van der Waals surface area contributed by atoms with Gasteiger partial charge in [-0.25, -0.2) is 9.97 Å². The van der Waals surface area contributed by atoms with Gasteiger partial charge in [0, 0.05) is 13.0 Å². The summed E-state index contributed by atoms with van der Waals surface area (Å²) in [4.78, 5) is 23.3. The first-order chi connectivity index (χ1) is 14.1. The molecule has 2 aromatic rings. The molecule has 0 radical (unpaired) electrons. The van der Waals surface area contributed by atoms with E-state index < -0.39 is 0 Å². The minimum Gasteiger partial charge on any atom is -0.315 e. The predicted octanol–water partition coefficient (Wildman–Crippen LogP) is 7.18. The highest BCUT2D eigenvalue weighted by atomic mass is 35.5. The molecule has 0 aliphatic rings. The highest BCUT2D eigenvalue weighted by Gasteiger charge is 2.10. The Bertz CT molecular complexity index is 748. The lowest BCUT2D eigenvalue weighted by molar-refractivity contribution is -0.117. The molecule has 2 heterocycles. The Morgan fingerprint density at radius 2 is 1.34 bits per heavy atom. The van der Waals surface area contributed by atoms with E-state index in [2.05, 4.69) is 15.0 Å². The maximum absolute atomic E-state index is 10.9. The number of hydrogen-bond donors (Lipinski definition) is 0.